The summed E-state index contributed by atoms with van der Waals surface area (Å²) in [5.41, 5.74) is 2.57. The molecule has 0 saturated heterocycles. The van der Waals surface area contributed by atoms with Crippen LogP contribution in [-0.4, -0.2) is 37.0 Å². The molecule has 3 heterocycles. The fourth-order valence-corrected chi connectivity index (χ4v) is 6.88. The van der Waals surface area contributed by atoms with E-state index in [2.05, 4.69) is 26.8 Å². The number of hydrogen-bond donors (Lipinski definition) is 1. The van der Waals surface area contributed by atoms with Gasteiger partial charge in [0.15, 0.2) is 23.1 Å². The molecule has 1 N–H and O–H groups in total. The highest BCUT2D eigenvalue weighted by atomic mass is 35.5. The summed E-state index contributed by atoms with van der Waals surface area (Å²) in [6.45, 7) is 2.37. The van der Waals surface area contributed by atoms with Crippen LogP contribution in [0, 0.1) is 29.5 Å². The van der Waals surface area contributed by atoms with E-state index in [4.69, 9.17) is 21.6 Å². The van der Waals surface area contributed by atoms with E-state index >= 15 is 4.39 Å². The van der Waals surface area contributed by atoms with Crippen LogP contribution in [0.1, 0.15) is 64.0 Å². The summed E-state index contributed by atoms with van der Waals surface area (Å²) in [5, 5.41) is 0.320. The van der Waals surface area contributed by atoms with Crippen molar-refractivity contribution in [2.75, 3.05) is 4.90 Å². The van der Waals surface area contributed by atoms with E-state index in [9.17, 15) is 0 Å². The van der Waals surface area contributed by atoms with E-state index in [1.165, 1.54) is 31.9 Å². The van der Waals surface area contributed by atoms with Gasteiger partial charge in [-0.15, -0.1) is 0 Å². The minimum Gasteiger partial charge on any atom is -0.348 e. The minimum absolute atomic E-state index is 0.208. The zero-order chi connectivity index (χ0) is 23.0. The normalized spacial score (nSPS) is 28.6. The number of hydrogen-bond acceptors (Lipinski definition) is 5. The first-order valence-corrected chi connectivity index (χ1v) is 13.3. The van der Waals surface area contributed by atoms with Gasteiger partial charge in [0.25, 0.3) is 0 Å². The van der Waals surface area contributed by atoms with Gasteiger partial charge in [0.05, 0.1) is 17.5 Å². The molecule has 0 amide bonds. The molecule has 3 aromatic heterocycles. The van der Waals surface area contributed by atoms with Crippen molar-refractivity contribution in [2.45, 2.75) is 76.8 Å². The van der Waals surface area contributed by atoms with Crippen molar-refractivity contribution < 1.29 is 4.39 Å². The second-order valence-corrected chi connectivity index (χ2v) is 11.4. The lowest BCUT2D eigenvalue weighted by molar-refractivity contribution is 0.0334. The Kier molecular flexibility index (Phi) is 4.87. The molecule has 8 heteroatoms. The summed E-state index contributed by atoms with van der Waals surface area (Å²) in [5.74, 6) is 3.37. The van der Waals surface area contributed by atoms with Crippen molar-refractivity contribution in [1.82, 2.24) is 24.9 Å². The lowest BCUT2D eigenvalue weighted by atomic mass is 9.58. The molecule has 3 aromatic rings. The van der Waals surface area contributed by atoms with Crippen LogP contribution in [0.3, 0.4) is 0 Å². The van der Waals surface area contributed by atoms with Crippen LogP contribution >= 0.6 is 11.6 Å². The van der Waals surface area contributed by atoms with Crippen molar-refractivity contribution in [2.24, 2.45) is 23.7 Å². The highest BCUT2D eigenvalue weighted by Gasteiger charge is 2.44. The summed E-state index contributed by atoms with van der Waals surface area (Å²) >= 11 is 6.16. The molecular formula is C26H30ClFN6. The number of H-pyrrole nitrogens is 1. The largest absolute Gasteiger partial charge is 0.348 e. The van der Waals surface area contributed by atoms with Crippen LogP contribution in [0.5, 0.6) is 0 Å². The maximum atomic E-state index is 16.2. The molecule has 0 spiro atoms. The predicted molar refractivity (Wildman–Crippen MR) is 130 cm³/mol. The lowest BCUT2D eigenvalue weighted by Crippen LogP contribution is -2.40. The number of fused-ring (bicyclic) bond motifs is 4. The Morgan fingerprint density at radius 3 is 2.38 bits per heavy atom. The third-order valence-corrected chi connectivity index (χ3v) is 9.07. The molecule has 0 radical (unpaired) electrons. The number of nitrogens with zero attached hydrogens (tertiary/aromatic N) is 5. The SMILES string of the molecule is C[C@H]1C2CCC(CC2)[C@@H]1Cc1nc(-c2c[nH]c3ncc(Cl)nc23)nc(N(C2CC2)C2CC2)c1F. The molecule has 5 fully saturated rings. The van der Waals surface area contributed by atoms with Crippen molar-refractivity contribution in [3.8, 4) is 11.4 Å². The zero-order valence-electron chi connectivity index (χ0n) is 19.5. The zero-order valence-corrected chi connectivity index (χ0v) is 20.2. The van der Waals surface area contributed by atoms with Gasteiger partial charge in [0.1, 0.15) is 10.7 Å². The fourth-order valence-electron chi connectivity index (χ4n) is 6.75. The highest BCUT2D eigenvalue weighted by Crippen LogP contribution is 2.50. The molecule has 2 atom stereocenters. The van der Waals surface area contributed by atoms with Crippen molar-refractivity contribution in [3.05, 3.63) is 29.1 Å². The number of anilines is 1. The average molecular weight is 481 g/mol. The smallest absolute Gasteiger partial charge is 0.187 e. The van der Waals surface area contributed by atoms with Crippen molar-refractivity contribution >= 4 is 28.6 Å². The standard InChI is InChI=1S/C26H30ClFN6/c1-13-14-2-4-15(5-3-14)18(13)10-20-22(28)26(34(16-6-7-16)17-8-9-17)33-24(31-20)19-11-29-25-23(19)32-21(27)12-30-25/h11-18H,2-10H2,1H3,(H,29,30)/t13-,14?,15?,18+/m0/s1. The van der Waals surface area contributed by atoms with Gasteiger partial charge >= 0.3 is 0 Å². The Morgan fingerprint density at radius 1 is 1.00 bits per heavy atom. The number of aromatic nitrogens is 5. The summed E-state index contributed by atoms with van der Waals surface area (Å²) in [6.07, 6.45) is 13.7. The first-order valence-electron chi connectivity index (χ1n) is 12.9. The molecule has 0 aliphatic heterocycles. The number of nitrogens with one attached hydrogen (secondary N) is 1. The van der Waals surface area contributed by atoms with E-state index in [-0.39, 0.29) is 5.82 Å². The maximum absolute atomic E-state index is 16.2. The summed E-state index contributed by atoms with van der Waals surface area (Å²) in [6, 6.07) is 0.804. The minimum atomic E-state index is -0.208. The van der Waals surface area contributed by atoms with E-state index in [1.807, 2.05) is 6.20 Å². The molecule has 5 saturated carbocycles. The second-order valence-electron chi connectivity index (χ2n) is 11.0. The maximum Gasteiger partial charge on any atom is 0.187 e. The molecular weight excluding hydrogens is 451 g/mol. The van der Waals surface area contributed by atoms with Crippen LogP contribution in [0.4, 0.5) is 10.2 Å². The highest BCUT2D eigenvalue weighted by molar-refractivity contribution is 6.29. The Labute approximate surface area is 203 Å². The average Bonchev–Trinajstić information content (AvgIpc) is 3.78. The van der Waals surface area contributed by atoms with Gasteiger partial charge in [-0.3, -0.25) is 0 Å². The van der Waals surface area contributed by atoms with Gasteiger partial charge < -0.3 is 9.88 Å². The monoisotopic (exact) mass is 480 g/mol. The van der Waals surface area contributed by atoms with Gasteiger partial charge in [0, 0.05) is 18.3 Å². The van der Waals surface area contributed by atoms with Crippen molar-refractivity contribution in [1.29, 1.82) is 0 Å². The third kappa shape index (κ3) is 3.50. The molecule has 178 valence electrons. The summed E-state index contributed by atoms with van der Waals surface area (Å²) < 4.78 is 16.2. The fraction of sp³-hybridized carbons (Fsp3) is 0.615. The Morgan fingerprint density at radius 2 is 1.71 bits per heavy atom. The van der Waals surface area contributed by atoms with Crippen LogP contribution in [0.15, 0.2) is 12.4 Å². The Hall–Kier alpha value is -2.28. The van der Waals surface area contributed by atoms with Gasteiger partial charge in [-0.1, -0.05) is 18.5 Å². The van der Waals surface area contributed by atoms with E-state index in [0.717, 1.165) is 37.2 Å². The quantitative estimate of drug-likeness (QED) is 0.471. The van der Waals surface area contributed by atoms with E-state index in [1.54, 1.807) is 0 Å². The summed E-state index contributed by atoms with van der Waals surface area (Å²) in [7, 11) is 0. The third-order valence-electron chi connectivity index (χ3n) is 8.89. The van der Waals surface area contributed by atoms with Gasteiger partial charge in [-0.2, -0.15) is 0 Å². The number of halogens is 2. The summed E-state index contributed by atoms with van der Waals surface area (Å²) in [4.78, 5) is 23.9. The van der Waals surface area contributed by atoms with E-state index < -0.39 is 0 Å². The van der Waals surface area contributed by atoms with Crippen LogP contribution in [-0.2, 0) is 6.42 Å². The first-order chi connectivity index (χ1) is 16.6. The van der Waals surface area contributed by atoms with E-state index in [0.29, 0.717) is 69.9 Å². The molecule has 2 bridgehead atoms. The molecule has 0 unspecified atom stereocenters. The van der Waals surface area contributed by atoms with Crippen LogP contribution in [0.25, 0.3) is 22.6 Å². The van der Waals surface area contributed by atoms with Gasteiger partial charge in [0.2, 0.25) is 0 Å². The van der Waals surface area contributed by atoms with Crippen LogP contribution < -0.4 is 4.90 Å². The number of rotatable bonds is 6. The molecule has 8 rings (SSSR count). The molecule has 6 nitrogen and oxygen atoms in total. The lowest BCUT2D eigenvalue weighted by Gasteiger charge is -2.47. The number of aromatic amines is 1. The molecule has 34 heavy (non-hydrogen) atoms. The molecule has 5 aliphatic carbocycles. The first kappa shape index (κ1) is 21.0. The van der Waals surface area contributed by atoms with Crippen LogP contribution in [0.2, 0.25) is 5.15 Å². The van der Waals surface area contributed by atoms with Gasteiger partial charge in [-0.05, 0) is 81.5 Å². The second kappa shape index (κ2) is 7.87. The van der Waals surface area contributed by atoms with Gasteiger partial charge in [-0.25, -0.2) is 24.3 Å². The molecule has 0 aromatic carbocycles. The Bertz CT molecular complexity index is 1230. The predicted octanol–water partition coefficient (Wildman–Crippen LogP) is 5.95. The Balaban J connectivity index is 1.35. The topological polar surface area (TPSA) is 70.6 Å². The molecule has 5 aliphatic rings. The van der Waals surface area contributed by atoms with Crippen molar-refractivity contribution in [3.63, 3.8) is 0 Å².